The van der Waals surface area contributed by atoms with Crippen LogP contribution < -0.4 is 14.8 Å². The topological polar surface area (TPSA) is 127 Å². The van der Waals surface area contributed by atoms with Crippen molar-refractivity contribution < 1.29 is 27.5 Å². The highest BCUT2D eigenvalue weighted by atomic mass is 32.2. The molecule has 0 saturated carbocycles. The number of ether oxygens (including phenoxy) is 1. The molecule has 1 fully saturated rings. The highest BCUT2D eigenvalue weighted by Crippen LogP contribution is 2.28. The van der Waals surface area contributed by atoms with E-state index in [-0.39, 0.29) is 36.1 Å². The van der Waals surface area contributed by atoms with Crippen molar-refractivity contribution in [2.75, 3.05) is 18.1 Å². The van der Waals surface area contributed by atoms with Crippen LogP contribution in [0.4, 0.5) is 5.69 Å². The van der Waals surface area contributed by atoms with Gasteiger partial charge in [-0.1, -0.05) is 26.0 Å². The van der Waals surface area contributed by atoms with Crippen molar-refractivity contribution in [3.05, 3.63) is 54.1 Å². The van der Waals surface area contributed by atoms with Crippen molar-refractivity contribution in [1.82, 2.24) is 4.90 Å². The Hall–Kier alpha value is -3.24. The van der Waals surface area contributed by atoms with Crippen LogP contribution in [-0.4, -0.2) is 50.2 Å². The van der Waals surface area contributed by atoms with Gasteiger partial charge in [-0.2, -0.15) is 0 Å². The molecule has 0 radical (unpaired) electrons. The highest BCUT2D eigenvalue weighted by molar-refractivity contribution is 7.89. The lowest BCUT2D eigenvalue weighted by atomic mass is 10.1. The molecule has 1 atom stereocenters. The van der Waals surface area contributed by atoms with Crippen LogP contribution in [0, 0.1) is 0 Å². The average Bonchev–Trinajstić information content (AvgIpc) is 3.11. The largest absolute Gasteiger partial charge is 0.494 e. The summed E-state index contributed by atoms with van der Waals surface area (Å²) in [5.41, 5.74) is 1.21. The summed E-state index contributed by atoms with van der Waals surface area (Å²) in [7, 11) is -3.79. The van der Waals surface area contributed by atoms with Gasteiger partial charge in [-0.15, -0.1) is 0 Å². The number of anilines is 1. The zero-order chi connectivity index (χ0) is 24.9. The second-order valence-corrected chi connectivity index (χ2v) is 9.57. The number of primary sulfonamides is 1. The molecule has 0 bridgehead atoms. The first-order valence-electron chi connectivity index (χ1n) is 11.2. The van der Waals surface area contributed by atoms with Crippen LogP contribution in [0.25, 0.3) is 0 Å². The Morgan fingerprint density at radius 2 is 1.74 bits per heavy atom. The van der Waals surface area contributed by atoms with Crippen molar-refractivity contribution in [2.24, 2.45) is 5.14 Å². The quantitative estimate of drug-likeness (QED) is 0.512. The fraction of sp³-hybridized carbons (Fsp3) is 0.375. The Labute approximate surface area is 199 Å². The van der Waals surface area contributed by atoms with E-state index in [1.807, 2.05) is 6.92 Å². The standard InChI is InChI=1S/C24H29N3O6S/c1-3-15-33-19-9-7-18(8-10-19)27-23(29)16-21(24(27)30)26(22(28)4-2)14-13-17-5-11-20(12-6-17)34(25,31)32/h5-12,21H,3-4,13-16H2,1-2H3,(H2,25,31,32). The van der Waals surface area contributed by atoms with E-state index in [4.69, 9.17) is 9.88 Å². The van der Waals surface area contributed by atoms with Gasteiger partial charge in [0.05, 0.1) is 23.6 Å². The summed E-state index contributed by atoms with van der Waals surface area (Å²) < 4.78 is 28.4. The van der Waals surface area contributed by atoms with Gasteiger partial charge >= 0.3 is 0 Å². The minimum atomic E-state index is -3.79. The normalized spacial score (nSPS) is 16.1. The van der Waals surface area contributed by atoms with Gasteiger partial charge in [-0.3, -0.25) is 14.4 Å². The Bertz CT molecular complexity index is 1150. The van der Waals surface area contributed by atoms with Crippen molar-refractivity contribution in [1.29, 1.82) is 0 Å². The summed E-state index contributed by atoms with van der Waals surface area (Å²) in [4.78, 5) is 41.2. The maximum absolute atomic E-state index is 13.2. The molecule has 34 heavy (non-hydrogen) atoms. The lowest BCUT2D eigenvalue weighted by Gasteiger charge is -2.27. The lowest BCUT2D eigenvalue weighted by molar-refractivity contribution is -0.138. The molecule has 1 unspecified atom stereocenters. The van der Waals surface area contributed by atoms with Crippen molar-refractivity contribution >= 4 is 33.4 Å². The predicted molar refractivity (Wildman–Crippen MR) is 127 cm³/mol. The summed E-state index contributed by atoms with van der Waals surface area (Å²) in [5.74, 6) is -0.405. The second kappa shape index (κ2) is 10.8. The summed E-state index contributed by atoms with van der Waals surface area (Å²) in [5, 5.41) is 5.13. The van der Waals surface area contributed by atoms with E-state index < -0.39 is 22.0 Å². The van der Waals surface area contributed by atoms with Gasteiger partial charge in [-0.05, 0) is 54.8 Å². The number of carbonyl (C=O) groups is 3. The SMILES string of the molecule is CCCOc1ccc(N2C(=O)CC(N(CCc3ccc(S(N)(=O)=O)cc3)C(=O)CC)C2=O)cc1. The molecule has 1 saturated heterocycles. The van der Waals surface area contributed by atoms with Gasteiger partial charge in [0.1, 0.15) is 11.8 Å². The molecule has 2 aromatic rings. The van der Waals surface area contributed by atoms with E-state index in [1.165, 1.54) is 17.0 Å². The van der Waals surface area contributed by atoms with E-state index >= 15 is 0 Å². The van der Waals surface area contributed by atoms with Crippen LogP contribution in [0.15, 0.2) is 53.4 Å². The number of hydrogen-bond acceptors (Lipinski definition) is 6. The number of carbonyl (C=O) groups excluding carboxylic acids is 3. The summed E-state index contributed by atoms with van der Waals surface area (Å²) in [6.07, 6.45) is 1.34. The van der Waals surface area contributed by atoms with E-state index in [9.17, 15) is 22.8 Å². The van der Waals surface area contributed by atoms with Gasteiger partial charge < -0.3 is 9.64 Å². The monoisotopic (exact) mass is 487 g/mol. The Morgan fingerprint density at radius 1 is 1.09 bits per heavy atom. The molecule has 1 heterocycles. The number of sulfonamides is 1. The van der Waals surface area contributed by atoms with Crippen molar-refractivity contribution in [3.8, 4) is 5.75 Å². The third kappa shape index (κ3) is 5.81. The van der Waals surface area contributed by atoms with E-state index in [2.05, 4.69) is 0 Å². The highest BCUT2D eigenvalue weighted by Gasteiger charge is 2.43. The van der Waals surface area contributed by atoms with Gasteiger partial charge in [0, 0.05) is 13.0 Å². The Balaban J connectivity index is 1.74. The second-order valence-electron chi connectivity index (χ2n) is 8.01. The molecule has 9 nitrogen and oxygen atoms in total. The molecule has 1 aliphatic heterocycles. The minimum Gasteiger partial charge on any atom is -0.494 e. The zero-order valence-electron chi connectivity index (χ0n) is 19.3. The lowest BCUT2D eigenvalue weighted by Crippen LogP contribution is -2.46. The molecule has 1 aliphatic rings. The molecule has 0 spiro atoms. The minimum absolute atomic E-state index is 0.00365. The Morgan fingerprint density at radius 3 is 2.29 bits per heavy atom. The maximum atomic E-state index is 13.2. The molecule has 2 N–H and O–H groups in total. The number of rotatable bonds is 10. The molecular weight excluding hydrogens is 458 g/mol. The van der Waals surface area contributed by atoms with Gasteiger partial charge in [0.2, 0.25) is 21.8 Å². The molecule has 3 rings (SSSR count). The van der Waals surface area contributed by atoms with E-state index in [1.54, 1.807) is 43.3 Å². The molecule has 2 aromatic carbocycles. The number of nitrogens with two attached hydrogens (primary N) is 1. The van der Waals surface area contributed by atoms with Crippen LogP contribution in [0.1, 0.15) is 38.7 Å². The number of benzene rings is 2. The van der Waals surface area contributed by atoms with Gasteiger partial charge in [0.25, 0.3) is 5.91 Å². The zero-order valence-corrected chi connectivity index (χ0v) is 20.1. The fourth-order valence-corrected chi connectivity index (χ4v) is 4.31. The molecular formula is C24H29N3O6S. The molecule has 10 heteroatoms. The first kappa shape index (κ1) is 25.4. The number of nitrogens with zero attached hydrogens (tertiary/aromatic N) is 2. The van der Waals surface area contributed by atoms with Crippen LogP contribution in [0.5, 0.6) is 5.75 Å². The van der Waals surface area contributed by atoms with E-state index in [0.717, 1.165) is 16.9 Å². The summed E-state index contributed by atoms with van der Waals surface area (Å²) >= 11 is 0. The predicted octanol–water partition coefficient (Wildman–Crippen LogP) is 2.24. The summed E-state index contributed by atoms with van der Waals surface area (Å²) in [6, 6.07) is 11.9. The maximum Gasteiger partial charge on any atom is 0.257 e. The Kier molecular flexibility index (Phi) is 8.06. The summed E-state index contributed by atoms with van der Waals surface area (Å²) in [6.45, 7) is 4.48. The molecule has 0 aliphatic carbocycles. The average molecular weight is 488 g/mol. The van der Waals surface area contributed by atoms with Crippen LogP contribution >= 0.6 is 0 Å². The molecule has 3 amide bonds. The first-order chi connectivity index (χ1) is 16.2. The molecule has 0 aromatic heterocycles. The number of amides is 3. The third-order valence-electron chi connectivity index (χ3n) is 5.58. The van der Waals surface area contributed by atoms with Gasteiger partial charge in [0.15, 0.2) is 0 Å². The number of imide groups is 1. The third-order valence-corrected chi connectivity index (χ3v) is 6.51. The van der Waals surface area contributed by atoms with Crippen LogP contribution in [0.2, 0.25) is 0 Å². The molecule has 182 valence electrons. The van der Waals surface area contributed by atoms with Crippen molar-refractivity contribution in [3.63, 3.8) is 0 Å². The van der Waals surface area contributed by atoms with E-state index in [0.29, 0.717) is 24.5 Å². The fourth-order valence-electron chi connectivity index (χ4n) is 3.79. The number of hydrogen-bond donors (Lipinski definition) is 1. The van der Waals surface area contributed by atoms with Gasteiger partial charge in [-0.25, -0.2) is 18.5 Å². The van der Waals surface area contributed by atoms with Crippen LogP contribution in [0.3, 0.4) is 0 Å². The van der Waals surface area contributed by atoms with Crippen molar-refractivity contribution in [2.45, 2.75) is 50.5 Å². The first-order valence-corrected chi connectivity index (χ1v) is 12.7. The van der Waals surface area contributed by atoms with Crippen LogP contribution in [-0.2, 0) is 30.8 Å². The smallest absolute Gasteiger partial charge is 0.257 e.